The molecule has 0 radical (unpaired) electrons. The molecule has 0 aromatic carbocycles. The van der Waals surface area contributed by atoms with Crippen LogP contribution in [0, 0.1) is 10.1 Å². The first-order valence-electron chi connectivity index (χ1n) is 3.22. The van der Waals surface area contributed by atoms with E-state index in [-0.39, 0.29) is 10.9 Å². The van der Waals surface area contributed by atoms with Crippen LogP contribution in [0.5, 0.6) is 0 Å². The fourth-order valence-corrected chi connectivity index (χ4v) is 2.30. The first kappa shape index (κ1) is 10.1. The van der Waals surface area contributed by atoms with E-state index < -0.39 is 4.92 Å². The predicted molar refractivity (Wildman–Crippen MR) is 52.1 cm³/mol. The number of thiophene rings is 1. The maximum absolute atomic E-state index is 11.1. The minimum absolute atomic E-state index is 0.0569. The molecule has 0 atom stereocenters. The van der Waals surface area contributed by atoms with E-state index in [4.69, 9.17) is 0 Å². The van der Waals surface area contributed by atoms with Crippen molar-refractivity contribution in [3.05, 3.63) is 25.5 Å². The zero-order valence-corrected chi connectivity index (χ0v) is 8.94. The molecule has 0 aliphatic heterocycles. The average Bonchev–Trinajstić information content (AvgIpc) is 2.46. The van der Waals surface area contributed by atoms with Gasteiger partial charge in [0, 0.05) is 7.05 Å². The maximum atomic E-state index is 11.1. The Hall–Kier alpha value is -0.950. The van der Waals surface area contributed by atoms with Crippen LogP contribution in [0.2, 0.25) is 0 Å². The molecule has 0 spiro atoms. The van der Waals surface area contributed by atoms with Crippen LogP contribution in [0.4, 0.5) is 5.00 Å². The number of halogens is 1. The number of amides is 1. The van der Waals surface area contributed by atoms with Gasteiger partial charge in [-0.3, -0.25) is 14.9 Å². The molecule has 1 aromatic rings. The molecule has 7 heteroatoms. The minimum Gasteiger partial charge on any atom is -0.354 e. The van der Waals surface area contributed by atoms with E-state index in [1.54, 1.807) is 0 Å². The highest BCUT2D eigenvalue weighted by Gasteiger charge is 2.19. The molecule has 0 saturated carbocycles. The van der Waals surface area contributed by atoms with Crippen LogP contribution >= 0.6 is 27.3 Å². The zero-order chi connectivity index (χ0) is 10.0. The van der Waals surface area contributed by atoms with Crippen LogP contribution in [0.3, 0.4) is 0 Å². The molecular weight excluding hydrogens is 260 g/mol. The van der Waals surface area contributed by atoms with Crippen LogP contribution in [0.15, 0.2) is 10.5 Å². The first-order valence-corrected chi connectivity index (χ1v) is 4.83. The van der Waals surface area contributed by atoms with Crippen molar-refractivity contribution in [1.82, 2.24) is 5.32 Å². The molecule has 0 unspecified atom stereocenters. The van der Waals surface area contributed by atoms with Crippen LogP contribution < -0.4 is 5.32 Å². The summed E-state index contributed by atoms with van der Waals surface area (Å²) in [6.07, 6.45) is 0. The van der Waals surface area contributed by atoms with Gasteiger partial charge in [0.05, 0.1) is 9.80 Å². The fraction of sp³-hybridized carbons (Fsp3) is 0.167. The molecule has 1 amide bonds. The third kappa shape index (κ3) is 2.04. The Balaban J connectivity index is 3.09. The molecule has 0 aliphatic rings. The van der Waals surface area contributed by atoms with Gasteiger partial charge in [0.2, 0.25) is 0 Å². The highest BCUT2D eigenvalue weighted by Crippen LogP contribution is 2.34. The lowest BCUT2D eigenvalue weighted by Crippen LogP contribution is -2.15. The van der Waals surface area contributed by atoms with Gasteiger partial charge in [-0.15, -0.1) is 0 Å². The number of hydrogen-bond donors (Lipinski definition) is 1. The Morgan fingerprint density at radius 1 is 1.77 bits per heavy atom. The van der Waals surface area contributed by atoms with Gasteiger partial charge in [-0.25, -0.2) is 0 Å². The van der Waals surface area contributed by atoms with E-state index in [9.17, 15) is 14.9 Å². The van der Waals surface area contributed by atoms with Crippen molar-refractivity contribution in [2.75, 3.05) is 7.05 Å². The van der Waals surface area contributed by atoms with Crippen LogP contribution in [-0.4, -0.2) is 17.9 Å². The summed E-state index contributed by atoms with van der Waals surface area (Å²) in [5.41, 5.74) is 0. The number of carbonyl (C=O) groups is 1. The molecule has 0 bridgehead atoms. The molecule has 0 fully saturated rings. The summed E-state index contributed by atoms with van der Waals surface area (Å²) in [4.78, 5) is 21.3. The molecule has 1 heterocycles. The van der Waals surface area contributed by atoms with Crippen LogP contribution in [-0.2, 0) is 0 Å². The highest BCUT2D eigenvalue weighted by molar-refractivity contribution is 9.10. The Morgan fingerprint density at radius 2 is 2.38 bits per heavy atom. The van der Waals surface area contributed by atoms with Crippen molar-refractivity contribution in [3.63, 3.8) is 0 Å². The quantitative estimate of drug-likeness (QED) is 0.654. The lowest BCUT2D eigenvalue weighted by Gasteiger charge is -1.90. The third-order valence-corrected chi connectivity index (χ3v) is 3.24. The lowest BCUT2D eigenvalue weighted by molar-refractivity contribution is -0.380. The number of hydrogen-bond acceptors (Lipinski definition) is 4. The van der Waals surface area contributed by atoms with Crippen molar-refractivity contribution in [3.8, 4) is 0 Å². The Kier molecular flexibility index (Phi) is 2.99. The Labute approximate surface area is 86.0 Å². The van der Waals surface area contributed by atoms with E-state index in [1.807, 2.05) is 0 Å². The van der Waals surface area contributed by atoms with Gasteiger partial charge in [-0.2, -0.15) is 0 Å². The van der Waals surface area contributed by atoms with Gasteiger partial charge < -0.3 is 5.32 Å². The van der Waals surface area contributed by atoms with Gasteiger partial charge >= 0.3 is 5.00 Å². The number of nitrogens with one attached hydrogen (secondary N) is 1. The molecular formula is C6H5BrN2O3S. The Bertz CT molecular complexity index is 363. The van der Waals surface area contributed by atoms with Gasteiger partial charge in [0.25, 0.3) is 5.91 Å². The molecule has 70 valence electrons. The van der Waals surface area contributed by atoms with Crippen molar-refractivity contribution in [1.29, 1.82) is 0 Å². The molecule has 1 N–H and O–H groups in total. The highest BCUT2D eigenvalue weighted by atomic mass is 79.9. The van der Waals surface area contributed by atoms with Crippen LogP contribution in [0.25, 0.3) is 0 Å². The molecule has 1 aromatic heterocycles. The van der Waals surface area contributed by atoms with Crippen molar-refractivity contribution >= 4 is 38.2 Å². The van der Waals surface area contributed by atoms with E-state index in [1.165, 1.54) is 13.1 Å². The standard InChI is InChI=1S/C6H5BrN2O3S/c1-8-5(10)4-2-3(7)6(13-4)9(11)12/h2H,1H3,(H,8,10). The number of rotatable bonds is 2. The summed E-state index contributed by atoms with van der Waals surface area (Å²) in [7, 11) is 1.47. The molecule has 0 saturated heterocycles. The summed E-state index contributed by atoms with van der Waals surface area (Å²) in [6.45, 7) is 0. The van der Waals surface area contributed by atoms with Crippen LogP contribution in [0.1, 0.15) is 9.67 Å². The number of nitro groups is 1. The topological polar surface area (TPSA) is 72.2 Å². The van der Waals surface area contributed by atoms with Gasteiger partial charge in [-0.05, 0) is 22.0 Å². The van der Waals surface area contributed by atoms with Gasteiger partial charge in [-0.1, -0.05) is 11.3 Å². The molecule has 1 rings (SSSR count). The van der Waals surface area contributed by atoms with E-state index >= 15 is 0 Å². The summed E-state index contributed by atoms with van der Waals surface area (Å²) in [5, 5.41) is 12.7. The minimum atomic E-state index is -0.527. The number of carbonyl (C=O) groups excluding carboxylic acids is 1. The molecule has 0 aliphatic carbocycles. The monoisotopic (exact) mass is 264 g/mol. The molecule has 13 heavy (non-hydrogen) atoms. The normalized spacial score (nSPS) is 9.69. The maximum Gasteiger partial charge on any atom is 0.338 e. The van der Waals surface area contributed by atoms with E-state index in [2.05, 4.69) is 21.2 Å². The number of nitrogens with zero attached hydrogens (tertiary/aromatic N) is 1. The third-order valence-electron chi connectivity index (χ3n) is 1.29. The van der Waals surface area contributed by atoms with Gasteiger partial charge in [0.15, 0.2) is 0 Å². The average molecular weight is 265 g/mol. The van der Waals surface area contributed by atoms with Crippen molar-refractivity contribution in [2.45, 2.75) is 0 Å². The van der Waals surface area contributed by atoms with E-state index in [0.717, 1.165) is 11.3 Å². The largest absolute Gasteiger partial charge is 0.354 e. The molecule has 5 nitrogen and oxygen atoms in total. The first-order chi connectivity index (χ1) is 6.06. The second-order valence-electron chi connectivity index (χ2n) is 2.10. The lowest BCUT2D eigenvalue weighted by atomic mass is 10.4. The van der Waals surface area contributed by atoms with Crippen molar-refractivity contribution in [2.24, 2.45) is 0 Å². The SMILES string of the molecule is CNC(=O)c1cc(Br)c([N+](=O)[O-])s1. The van der Waals surface area contributed by atoms with Gasteiger partial charge in [0.1, 0.15) is 4.47 Å². The second kappa shape index (κ2) is 3.84. The van der Waals surface area contributed by atoms with Crippen molar-refractivity contribution < 1.29 is 9.72 Å². The zero-order valence-electron chi connectivity index (χ0n) is 6.54. The predicted octanol–water partition coefficient (Wildman–Crippen LogP) is 1.78. The summed E-state index contributed by atoms with van der Waals surface area (Å²) in [5.74, 6) is -0.321. The Morgan fingerprint density at radius 3 is 2.77 bits per heavy atom. The summed E-state index contributed by atoms with van der Waals surface area (Å²) < 4.78 is 0.334. The summed E-state index contributed by atoms with van der Waals surface area (Å²) in [6, 6.07) is 1.43. The second-order valence-corrected chi connectivity index (χ2v) is 3.98. The summed E-state index contributed by atoms with van der Waals surface area (Å²) >= 11 is 3.85. The van der Waals surface area contributed by atoms with E-state index in [0.29, 0.717) is 9.35 Å². The smallest absolute Gasteiger partial charge is 0.338 e. The fourth-order valence-electron chi connectivity index (χ4n) is 0.719.